The summed E-state index contributed by atoms with van der Waals surface area (Å²) in [6.07, 6.45) is 24.9. The summed E-state index contributed by atoms with van der Waals surface area (Å²) >= 11 is 0. The van der Waals surface area contributed by atoms with Crippen molar-refractivity contribution in [2.45, 2.75) is 103 Å². The Morgan fingerprint density at radius 1 is 0.630 bits per heavy atom. The minimum Gasteiger partial charge on any atom is -0.396 e. The van der Waals surface area contributed by atoms with Crippen LogP contribution in [0.5, 0.6) is 0 Å². The van der Waals surface area contributed by atoms with E-state index in [9.17, 15) is 0 Å². The maximum absolute atomic E-state index is 9.02. The van der Waals surface area contributed by atoms with E-state index in [2.05, 4.69) is 17.5 Å². The quantitative estimate of drug-likeness (QED) is 0.161. The number of aliphatic hydroxyl groups is 2. The average molecular weight is 406 g/mol. The van der Waals surface area contributed by atoms with Gasteiger partial charge in [-0.25, -0.2) is 0 Å². The predicted octanol–water partition coefficient (Wildman–Crippen LogP) is 6.03. The third kappa shape index (κ3) is 23.9. The van der Waals surface area contributed by atoms with Gasteiger partial charge < -0.3 is 15.5 Å². The number of rotatable bonds is 21. The lowest BCUT2D eigenvalue weighted by molar-refractivity contribution is 0.207. The molecule has 0 aromatic heterocycles. The van der Waals surface area contributed by atoms with Crippen LogP contribution >= 0.6 is 12.4 Å². The highest BCUT2D eigenvalue weighted by Gasteiger charge is 2.06. The molecule has 0 aliphatic heterocycles. The van der Waals surface area contributed by atoms with E-state index >= 15 is 0 Å². The number of nitrogens with one attached hydrogen (secondary N) is 1. The van der Waals surface area contributed by atoms with Gasteiger partial charge in [-0.05, 0) is 64.5 Å². The highest BCUT2D eigenvalue weighted by atomic mass is 35.5. The topological polar surface area (TPSA) is 52.5 Å². The zero-order chi connectivity index (χ0) is 19.1. The fraction of sp³-hybridized carbons (Fsp3) is 0.913. The maximum atomic E-state index is 9.02. The molecule has 0 saturated heterocycles. The highest BCUT2D eigenvalue weighted by Crippen LogP contribution is 2.18. The molecule has 0 radical (unpaired) electrons. The second-order valence-electron chi connectivity index (χ2n) is 7.72. The largest absolute Gasteiger partial charge is 0.396 e. The van der Waals surface area contributed by atoms with Crippen LogP contribution in [0.2, 0.25) is 0 Å². The van der Waals surface area contributed by atoms with Crippen LogP contribution < -0.4 is 5.32 Å². The van der Waals surface area contributed by atoms with Crippen LogP contribution in [0.1, 0.15) is 103 Å². The SMILES string of the molecule is CNCCCCCCCCC=CCCCCCCCC(CCO)CCO.Cl. The Hall–Kier alpha value is -0.0900. The van der Waals surface area contributed by atoms with Crippen LogP contribution in [0.25, 0.3) is 0 Å². The number of unbranched alkanes of at least 4 members (excludes halogenated alkanes) is 11. The van der Waals surface area contributed by atoms with E-state index in [1.807, 2.05) is 7.05 Å². The molecule has 4 heteroatoms. The summed E-state index contributed by atoms with van der Waals surface area (Å²) in [4.78, 5) is 0. The first-order valence-corrected chi connectivity index (χ1v) is 11.4. The molecule has 0 spiro atoms. The lowest BCUT2D eigenvalue weighted by atomic mass is 9.95. The van der Waals surface area contributed by atoms with Gasteiger partial charge >= 0.3 is 0 Å². The fourth-order valence-electron chi connectivity index (χ4n) is 3.53. The zero-order valence-electron chi connectivity index (χ0n) is 18.0. The van der Waals surface area contributed by atoms with Crippen molar-refractivity contribution in [3.63, 3.8) is 0 Å². The summed E-state index contributed by atoms with van der Waals surface area (Å²) in [5.74, 6) is 0.515. The molecule has 0 aromatic carbocycles. The van der Waals surface area contributed by atoms with Crippen molar-refractivity contribution in [1.82, 2.24) is 5.32 Å². The van der Waals surface area contributed by atoms with E-state index < -0.39 is 0 Å². The minimum absolute atomic E-state index is 0. The van der Waals surface area contributed by atoms with Gasteiger partial charge in [0.05, 0.1) is 0 Å². The number of aliphatic hydroxyl groups excluding tert-OH is 2. The van der Waals surface area contributed by atoms with E-state index in [1.165, 1.54) is 83.5 Å². The Balaban J connectivity index is 0. The summed E-state index contributed by atoms with van der Waals surface area (Å²) < 4.78 is 0. The van der Waals surface area contributed by atoms with Crippen molar-refractivity contribution in [2.24, 2.45) is 5.92 Å². The molecule has 164 valence electrons. The fourth-order valence-corrected chi connectivity index (χ4v) is 3.53. The molecule has 0 amide bonds. The van der Waals surface area contributed by atoms with Gasteiger partial charge in [0, 0.05) is 13.2 Å². The predicted molar refractivity (Wildman–Crippen MR) is 122 cm³/mol. The molecule has 0 rings (SSSR count). The second kappa shape index (κ2) is 25.9. The number of hydrogen-bond donors (Lipinski definition) is 3. The lowest BCUT2D eigenvalue weighted by Gasteiger charge is -2.13. The Morgan fingerprint density at radius 2 is 1.07 bits per heavy atom. The molecule has 0 saturated carbocycles. The molecule has 27 heavy (non-hydrogen) atoms. The standard InChI is InChI=1S/C23H47NO2.ClH/c1-24-20-16-14-12-10-8-6-4-2-3-5-7-9-11-13-15-17-23(18-21-25)19-22-26;/h2-3,23-26H,4-22H2,1H3;1H. The molecule has 0 atom stereocenters. The Labute approximate surface area is 175 Å². The Bertz CT molecular complexity index is 282. The van der Waals surface area contributed by atoms with Gasteiger partial charge in [0.2, 0.25) is 0 Å². The van der Waals surface area contributed by atoms with Crippen molar-refractivity contribution >= 4 is 12.4 Å². The molecule has 0 aliphatic rings. The molecule has 0 fully saturated rings. The Morgan fingerprint density at radius 3 is 1.56 bits per heavy atom. The van der Waals surface area contributed by atoms with Crippen LogP contribution in [0, 0.1) is 5.92 Å². The van der Waals surface area contributed by atoms with Crippen molar-refractivity contribution in [2.75, 3.05) is 26.8 Å². The molecular formula is C23H48ClNO2. The average Bonchev–Trinajstić information content (AvgIpc) is 2.64. The van der Waals surface area contributed by atoms with Crippen molar-refractivity contribution in [1.29, 1.82) is 0 Å². The van der Waals surface area contributed by atoms with Crippen LogP contribution in [-0.4, -0.2) is 37.0 Å². The van der Waals surface area contributed by atoms with E-state index in [1.54, 1.807) is 0 Å². The van der Waals surface area contributed by atoms with Gasteiger partial charge in [-0.3, -0.25) is 0 Å². The van der Waals surface area contributed by atoms with Crippen molar-refractivity contribution in [3.8, 4) is 0 Å². The van der Waals surface area contributed by atoms with E-state index in [-0.39, 0.29) is 25.6 Å². The van der Waals surface area contributed by atoms with Crippen LogP contribution in [0.4, 0.5) is 0 Å². The van der Waals surface area contributed by atoms with Gasteiger partial charge in [0.15, 0.2) is 0 Å². The van der Waals surface area contributed by atoms with E-state index in [4.69, 9.17) is 10.2 Å². The summed E-state index contributed by atoms with van der Waals surface area (Å²) in [6, 6.07) is 0. The highest BCUT2D eigenvalue weighted by molar-refractivity contribution is 5.85. The molecule has 0 heterocycles. The van der Waals surface area contributed by atoms with Crippen molar-refractivity contribution < 1.29 is 10.2 Å². The summed E-state index contributed by atoms with van der Waals surface area (Å²) in [6.45, 7) is 1.68. The maximum Gasteiger partial charge on any atom is 0.0433 e. The van der Waals surface area contributed by atoms with Crippen LogP contribution in [-0.2, 0) is 0 Å². The summed E-state index contributed by atoms with van der Waals surface area (Å²) in [7, 11) is 2.03. The first-order chi connectivity index (χ1) is 12.8. The van der Waals surface area contributed by atoms with Crippen molar-refractivity contribution in [3.05, 3.63) is 12.2 Å². The first-order valence-electron chi connectivity index (χ1n) is 11.4. The van der Waals surface area contributed by atoms with Gasteiger partial charge in [-0.1, -0.05) is 69.9 Å². The van der Waals surface area contributed by atoms with E-state index in [0.29, 0.717) is 5.92 Å². The first kappa shape index (κ1) is 29.1. The summed E-state index contributed by atoms with van der Waals surface area (Å²) in [5, 5.41) is 21.2. The van der Waals surface area contributed by atoms with Gasteiger partial charge in [-0.15, -0.1) is 12.4 Å². The molecule has 0 aromatic rings. The Kier molecular flexibility index (Phi) is 27.9. The number of hydrogen-bond acceptors (Lipinski definition) is 3. The molecule has 0 unspecified atom stereocenters. The van der Waals surface area contributed by atoms with Gasteiger partial charge in [0.1, 0.15) is 0 Å². The molecular weight excluding hydrogens is 358 g/mol. The molecule has 0 bridgehead atoms. The third-order valence-electron chi connectivity index (χ3n) is 5.27. The molecule has 3 N–H and O–H groups in total. The minimum atomic E-state index is 0. The lowest BCUT2D eigenvalue weighted by Crippen LogP contribution is -2.06. The number of allylic oxidation sites excluding steroid dienone is 2. The summed E-state index contributed by atoms with van der Waals surface area (Å²) in [5.41, 5.74) is 0. The van der Waals surface area contributed by atoms with Gasteiger partial charge in [-0.2, -0.15) is 0 Å². The number of halogens is 1. The molecule has 3 nitrogen and oxygen atoms in total. The molecule has 0 aliphatic carbocycles. The third-order valence-corrected chi connectivity index (χ3v) is 5.27. The normalized spacial score (nSPS) is 11.4. The van der Waals surface area contributed by atoms with E-state index in [0.717, 1.165) is 25.8 Å². The monoisotopic (exact) mass is 405 g/mol. The van der Waals surface area contributed by atoms with Crippen LogP contribution in [0.15, 0.2) is 12.2 Å². The zero-order valence-corrected chi connectivity index (χ0v) is 18.8. The second-order valence-corrected chi connectivity index (χ2v) is 7.72. The van der Waals surface area contributed by atoms with Crippen LogP contribution in [0.3, 0.4) is 0 Å². The van der Waals surface area contributed by atoms with Gasteiger partial charge in [0.25, 0.3) is 0 Å². The smallest absolute Gasteiger partial charge is 0.0433 e.